The first-order chi connectivity index (χ1) is 13.2. The fraction of sp³-hybridized carbons (Fsp3) is 0.250. The molecular formula is C20H21N5O2. The second-order valence-electron chi connectivity index (χ2n) is 6.38. The van der Waals surface area contributed by atoms with Crippen molar-refractivity contribution in [3.05, 3.63) is 60.6 Å². The molecule has 0 aliphatic carbocycles. The highest BCUT2D eigenvalue weighted by molar-refractivity contribution is 6.04. The third-order valence-electron chi connectivity index (χ3n) is 4.60. The minimum absolute atomic E-state index is 0.215. The maximum atomic E-state index is 12.7. The van der Waals surface area contributed by atoms with Crippen molar-refractivity contribution in [2.24, 2.45) is 0 Å². The van der Waals surface area contributed by atoms with Crippen LogP contribution in [0.25, 0.3) is 5.69 Å². The van der Waals surface area contributed by atoms with Gasteiger partial charge in [0, 0.05) is 13.1 Å². The Kier molecular flexibility index (Phi) is 4.74. The number of carbonyl (C=O) groups is 1. The van der Waals surface area contributed by atoms with Gasteiger partial charge >= 0.3 is 0 Å². The van der Waals surface area contributed by atoms with E-state index in [9.17, 15) is 4.79 Å². The Balaban J connectivity index is 1.51. The highest BCUT2D eigenvalue weighted by atomic mass is 16.5. The van der Waals surface area contributed by atoms with Crippen molar-refractivity contribution in [1.29, 1.82) is 0 Å². The van der Waals surface area contributed by atoms with Gasteiger partial charge in [-0.1, -0.05) is 18.2 Å². The van der Waals surface area contributed by atoms with Crippen molar-refractivity contribution < 1.29 is 9.53 Å². The van der Waals surface area contributed by atoms with Crippen LogP contribution in [0.15, 0.2) is 54.9 Å². The smallest absolute Gasteiger partial charge is 0.281 e. The normalized spacial score (nSPS) is 13.6. The molecule has 27 heavy (non-hydrogen) atoms. The van der Waals surface area contributed by atoms with Crippen molar-refractivity contribution in [1.82, 2.24) is 14.8 Å². The Bertz CT molecular complexity index is 915. The number of ether oxygens (including phenoxy) is 1. The summed E-state index contributed by atoms with van der Waals surface area (Å²) in [7, 11) is 1.52. The summed E-state index contributed by atoms with van der Waals surface area (Å²) in [4.78, 5) is 19.3. The first-order valence-corrected chi connectivity index (χ1v) is 8.96. The van der Waals surface area contributed by atoms with Crippen LogP contribution in [0.1, 0.15) is 23.3 Å². The Morgan fingerprint density at radius 1 is 1.07 bits per heavy atom. The highest BCUT2D eigenvalue weighted by Gasteiger charge is 2.19. The molecule has 0 radical (unpaired) electrons. The van der Waals surface area contributed by atoms with Crippen LogP contribution in [0.5, 0.6) is 5.75 Å². The summed E-state index contributed by atoms with van der Waals surface area (Å²) in [6.07, 6.45) is 5.90. The van der Waals surface area contributed by atoms with E-state index in [1.165, 1.54) is 20.0 Å². The van der Waals surface area contributed by atoms with Crippen LogP contribution in [0.2, 0.25) is 0 Å². The third kappa shape index (κ3) is 3.62. The molecule has 1 aromatic carbocycles. The maximum Gasteiger partial charge on any atom is 0.281 e. The minimum Gasteiger partial charge on any atom is -0.493 e. The molecule has 2 aromatic heterocycles. The van der Waals surface area contributed by atoms with Crippen molar-refractivity contribution in [3.8, 4) is 11.4 Å². The molecule has 0 atom stereocenters. The second kappa shape index (κ2) is 7.49. The van der Waals surface area contributed by atoms with Crippen LogP contribution in [0.3, 0.4) is 0 Å². The van der Waals surface area contributed by atoms with Crippen molar-refractivity contribution in [3.63, 3.8) is 0 Å². The van der Waals surface area contributed by atoms with Gasteiger partial charge < -0.3 is 15.0 Å². The molecule has 3 heterocycles. The van der Waals surface area contributed by atoms with Crippen molar-refractivity contribution in [2.75, 3.05) is 30.4 Å². The lowest BCUT2D eigenvalue weighted by Gasteiger charge is -2.17. The van der Waals surface area contributed by atoms with Crippen LogP contribution in [-0.2, 0) is 0 Å². The van der Waals surface area contributed by atoms with Gasteiger partial charge in [-0.2, -0.15) is 5.10 Å². The molecule has 3 aromatic rings. The summed E-state index contributed by atoms with van der Waals surface area (Å²) in [5, 5.41) is 7.16. The van der Waals surface area contributed by atoms with E-state index < -0.39 is 0 Å². The highest BCUT2D eigenvalue weighted by Crippen LogP contribution is 2.22. The van der Waals surface area contributed by atoms with Gasteiger partial charge in [0.05, 0.1) is 30.9 Å². The number of nitrogens with zero attached hydrogens (tertiary/aromatic N) is 4. The Hall–Kier alpha value is -3.35. The lowest BCUT2D eigenvalue weighted by molar-refractivity contribution is 0.101. The van der Waals surface area contributed by atoms with Crippen LogP contribution in [0.4, 0.5) is 11.5 Å². The summed E-state index contributed by atoms with van der Waals surface area (Å²) in [6.45, 7) is 2.11. The maximum absolute atomic E-state index is 12.7. The van der Waals surface area contributed by atoms with Gasteiger partial charge in [0.2, 0.25) is 0 Å². The van der Waals surface area contributed by atoms with E-state index >= 15 is 0 Å². The number of benzene rings is 1. The molecule has 4 rings (SSSR count). The quantitative estimate of drug-likeness (QED) is 0.754. The average molecular weight is 363 g/mol. The number of rotatable bonds is 5. The van der Waals surface area contributed by atoms with Crippen molar-refractivity contribution in [2.45, 2.75) is 12.8 Å². The number of amides is 1. The van der Waals surface area contributed by atoms with Crippen molar-refractivity contribution >= 4 is 17.4 Å². The van der Waals surface area contributed by atoms with E-state index in [-0.39, 0.29) is 11.6 Å². The number of hydrogen-bond donors (Lipinski definition) is 1. The zero-order valence-electron chi connectivity index (χ0n) is 15.1. The summed E-state index contributed by atoms with van der Waals surface area (Å²) < 4.78 is 6.94. The molecule has 1 amide bonds. The van der Waals surface area contributed by atoms with Gasteiger partial charge in [0.15, 0.2) is 11.4 Å². The van der Waals surface area contributed by atoms with E-state index in [4.69, 9.17) is 4.74 Å². The number of methoxy groups -OCH3 is 1. The third-order valence-corrected chi connectivity index (χ3v) is 4.60. The van der Waals surface area contributed by atoms with Crippen LogP contribution in [-0.4, -0.2) is 40.9 Å². The summed E-state index contributed by atoms with van der Waals surface area (Å²) in [6, 6.07) is 13.4. The van der Waals surface area contributed by atoms with Gasteiger partial charge in [0.1, 0.15) is 5.82 Å². The predicted molar refractivity (Wildman–Crippen MR) is 104 cm³/mol. The summed E-state index contributed by atoms with van der Waals surface area (Å²) >= 11 is 0. The van der Waals surface area contributed by atoms with Gasteiger partial charge in [-0.25, -0.2) is 9.67 Å². The molecule has 1 fully saturated rings. The number of carbonyl (C=O) groups excluding carboxylic acids is 1. The number of para-hydroxylation sites is 1. The number of nitrogens with one attached hydrogen (secondary N) is 1. The molecular weight excluding hydrogens is 342 g/mol. The molecule has 7 nitrogen and oxygen atoms in total. The fourth-order valence-corrected chi connectivity index (χ4v) is 3.18. The molecule has 0 saturated carbocycles. The summed E-state index contributed by atoms with van der Waals surface area (Å²) in [5.74, 6) is 0.534. The largest absolute Gasteiger partial charge is 0.493 e. The first-order valence-electron chi connectivity index (χ1n) is 8.96. The molecule has 0 unspecified atom stereocenters. The Labute approximate surface area is 157 Å². The lowest BCUT2D eigenvalue weighted by atomic mass is 10.3. The minimum atomic E-state index is -0.358. The number of pyridine rings is 1. The van der Waals surface area contributed by atoms with E-state index in [2.05, 4.69) is 20.3 Å². The topological polar surface area (TPSA) is 72.3 Å². The molecule has 1 aliphatic rings. The number of hydrogen-bond acceptors (Lipinski definition) is 5. The van der Waals surface area contributed by atoms with E-state index in [0.717, 1.165) is 24.5 Å². The van der Waals surface area contributed by atoms with Crippen LogP contribution in [0, 0.1) is 0 Å². The Morgan fingerprint density at radius 3 is 2.52 bits per heavy atom. The monoisotopic (exact) mass is 363 g/mol. The molecule has 0 bridgehead atoms. The van der Waals surface area contributed by atoms with Crippen LogP contribution < -0.4 is 15.0 Å². The predicted octanol–water partition coefficient (Wildman–Crippen LogP) is 3.13. The van der Waals surface area contributed by atoms with Gasteiger partial charge in [-0.3, -0.25) is 4.79 Å². The van der Waals surface area contributed by atoms with E-state index in [1.807, 2.05) is 42.5 Å². The zero-order valence-corrected chi connectivity index (χ0v) is 15.1. The molecule has 138 valence electrons. The number of anilines is 2. The Morgan fingerprint density at radius 2 is 1.85 bits per heavy atom. The molecule has 7 heteroatoms. The van der Waals surface area contributed by atoms with E-state index in [0.29, 0.717) is 11.6 Å². The fourth-order valence-electron chi connectivity index (χ4n) is 3.18. The van der Waals surface area contributed by atoms with Gasteiger partial charge in [0.25, 0.3) is 5.91 Å². The van der Waals surface area contributed by atoms with Gasteiger partial charge in [-0.15, -0.1) is 0 Å². The standard InChI is InChI=1S/C20H21N5O2/c1-27-17-14-25(15-7-3-2-4-8-15)23-19(17)20(26)22-18-10-9-16(13-21-18)24-11-5-6-12-24/h2-4,7-10,13-14H,5-6,11-12H2,1H3,(H,21,22,26). The second-order valence-corrected chi connectivity index (χ2v) is 6.38. The van der Waals surface area contributed by atoms with Crippen LogP contribution >= 0.6 is 0 Å². The van der Waals surface area contributed by atoms with E-state index in [1.54, 1.807) is 17.1 Å². The molecule has 1 saturated heterocycles. The SMILES string of the molecule is COc1cn(-c2ccccc2)nc1C(=O)Nc1ccc(N2CCCC2)cn1. The average Bonchev–Trinajstić information content (AvgIpc) is 3.39. The molecule has 1 aliphatic heterocycles. The van der Waals surface area contributed by atoms with Gasteiger partial charge in [-0.05, 0) is 37.1 Å². The first kappa shape index (κ1) is 17.1. The zero-order chi connectivity index (χ0) is 18.6. The molecule has 0 spiro atoms. The number of aromatic nitrogens is 3. The molecule has 1 N–H and O–H groups in total. The lowest BCUT2D eigenvalue weighted by Crippen LogP contribution is -2.18. The summed E-state index contributed by atoms with van der Waals surface area (Å²) in [5.41, 5.74) is 2.14.